The van der Waals surface area contributed by atoms with Gasteiger partial charge in [0.1, 0.15) is 0 Å². The van der Waals surface area contributed by atoms with Gasteiger partial charge in [0.25, 0.3) is 5.89 Å². The van der Waals surface area contributed by atoms with Crippen molar-refractivity contribution >= 4 is 15.9 Å². The molecule has 0 fully saturated rings. The maximum absolute atomic E-state index is 6.05. The van der Waals surface area contributed by atoms with Crippen LogP contribution in [0.25, 0.3) is 11.7 Å². The molecular weight excluding hydrogens is 336 g/mol. The first-order chi connectivity index (χ1) is 9.95. The molecule has 2 heterocycles. The molecule has 116 valence electrons. The number of hydrogen-bond donors (Lipinski definition) is 1. The third-order valence-corrected chi connectivity index (χ3v) is 3.78. The van der Waals surface area contributed by atoms with E-state index < -0.39 is 0 Å². The number of nitrogens with zero attached hydrogens (tertiary/aromatic N) is 3. The molecule has 21 heavy (non-hydrogen) atoms. The Kier molecular flexibility index (Phi) is 5.55. The van der Waals surface area contributed by atoms with Gasteiger partial charge in [0.15, 0.2) is 10.4 Å². The zero-order chi connectivity index (χ0) is 15.4. The molecule has 2 aromatic rings. The van der Waals surface area contributed by atoms with E-state index in [2.05, 4.69) is 44.9 Å². The largest absolute Gasteiger partial charge is 0.444 e. The first kappa shape index (κ1) is 16.2. The van der Waals surface area contributed by atoms with Gasteiger partial charge in [-0.2, -0.15) is 0 Å². The Morgan fingerprint density at radius 1 is 1.29 bits per heavy atom. The highest BCUT2D eigenvalue weighted by Crippen LogP contribution is 2.23. The summed E-state index contributed by atoms with van der Waals surface area (Å²) in [4.78, 5) is 2.12. The fraction of sp³-hybridized carbons (Fsp3) is 0.571. The lowest BCUT2D eigenvalue weighted by molar-refractivity contribution is 0.269. The average Bonchev–Trinajstić information content (AvgIpc) is 3.04. The van der Waals surface area contributed by atoms with Crippen molar-refractivity contribution in [3.8, 4) is 11.7 Å². The van der Waals surface area contributed by atoms with Crippen molar-refractivity contribution in [2.75, 3.05) is 13.6 Å². The van der Waals surface area contributed by atoms with Gasteiger partial charge in [0.05, 0.1) is 6.54 Å². The lowest BCUT2D eigenvalue weighted by atomic mass is 10.0. The van der Waals surface area contributed by atoms with E-state index in [0.717, 1.165) is 13.0 Å². The van der Waals surface area contributed by atoms with E-state index in [-0.39, 0.29) is 6.04 Å². The van der Waals surface area contributed by atoms with Gasteiger partial charge in [-0.05, 0) is 54.0 Å². The predicted octanol–water partition coefficient (Wildman–Crippen LogP) is 2.90. The minimum Gasteiger partial charge on any atom is -0.444 e. The van der Waals surface area contributed by atoms with Crippen LogP contribution in [0.3, 0.4) is 0 Å². The van der Waals surface area contributed by atoms with Gasteiger partial charge in [0, 0.05) is 6.04 Å². The van der Waals surface area contributed by atoms with Crippen molar-refractivity contribution in [3.63, 3.8) is 0 Å². The molecule has 0 aliphatic rings. The monoisotopic (exact) mass is 356 g/mol. The second-order valence-electron chi connectivity index (χ2n) is 5.54. The first-order valence-corrected chi connectivity index (χ1v) is 7.77. The highest BCUT2D eigenvalue weighted by Gasteiger charge is 2.14. The van der Waals surface area contributed by atoms with E-state index in [0.29, 0.717) is 34.7 Å². The van der Waals surface area contributed by atoms with Gasteiger partial charge in [0.2, 0.25) is 5.89 Å². The molecule has 2 rings (SSSR count). The van der Waals surface area contributed by atoms with Gasteiger partial charge in [-0.1, -0.05) is 13.8 Å². The topological polar surface area (TPSA) is 81.3 Å². The summed E-state index contributed by atoms with van der Waals surface area (Å²) >= 11 is 3.25. The standard InChI is InChI=1S/C14H21BrN4O2/c1-9(2)10(16)6-7-19(3)8-13-17-18-14(21-13)11-4-5-12(15)20-11/h4-5,9-10H,6-8,16H2,1-3H3. The summed E-state index contributed by atoms with van der Waals surface area (Å²) in [6.07, 6.45) is 0.945. The SMILES string of the molecule is CC(C)C(N)CCN(C)Cc1nnc(-c2ccc(Br)o2)o1. The molecule has 0 saturated heterocycles. The van der Waals surface area contributed by atoms with E-state index in [4.69, 9.17) is 14.6 Å². The summed E-state index contributed by atoms with van der Waals surface area (Å²) in [5.41, 5.74) is 6.05. The van der Waals surface area contributed by atoms with Crippen molar-refractivity contribution in [3.05, 3.63) is 22.7 Å². The normalized spacial score (nSPS) is 13.3. The molecule has 0 amide bonds. The third kappa shape index (κ3) is 4.66. The predicted molar refractivity (Wildman–Crippen MR) is 83.5 cm³/mol. The van der Waals surface area contributed by atoms with Crippen LogP contribution in [0.5, 0.6) is 0 Å². The van der Waals surface area contributed by atoms with Crippen molar-refractivity contribution in [1.82, 2.24) is 15.1 Å². The van der Waals surface area contributed by atoms with Gasteiger partial charge in [-0.25, -0.2) is 0 Å². The molecule has 7 heteroatoms. The smallest absolute Gasteiger partial charge is 0.283 e. The molecule has 0 aliphatic carbocycles. The third-order valence-electron chi connectivity index (χ3n) is 3.36. The summed E-state index contributed by atoms with van der Waals surface area (Å²) in [5.74, 6) is 2.01. The van der Waals surface area contributed by atoms with Crippen molar-refractivity contribution in [2.45, 2.75) is 32.9 Å². The summed E-state index contributed by atoms with van der Waals surface area (Å²) in [7, 11) is 2.01. The van der Waals surface area contributed by atoms with Crippen LogP contribution in [0.1, 0.15) is 26.2 Å². The highest BCUT2D eigenvalue weighted by molar-refractivity contribution is 9.10. The van der Waals surface area contributed by atoms with Crippen LogP contribution >= 0.6 is 15.9 Å². The number of nitrogens with two attached hydrogens (primary N) is 1. The quantitative estimate of drug-likeness (QED) is 0.821. The number of halogens is 1. The van der Waals surface area contributed by atoms with E-state index in [1.54, 1.807) is 12.1 Å². The van der Waals surface area contributed by atoms with Crippen LogP contribution in [0.15, 0.2) is 25.6 Å². The Labute approximate surface area is 132 Å². The van der Waals surface area contributed by atoms with Gasteiger partial charge < -0.3 is 14.6 Å². The Bertz CT molecular complexity index is 567. The lowest BCUT2D eigenvalue weighted by Gasteiger charge is -2.19. The molecule has 2 aromatic heterocycles. The van der Waals surface area contributed by atoms with E-state index >= 15 is 0 Å². The molecule has 6 nitrogen and oxygen atoms in total. The molecule has 0 radical (unpaired) electrons. The number of aromatic nitrogens is 2. The van der Waals surface area contributed by atoms with Gasteiger partial charge in [-0.3, -0.25) is 4.90 Å². The van der Waals surface area contributed by atoms with Crippen LogP contribution in [-0.2, 0) is 6.54 Å². The summed E-state index contributed by atoms with van der Waals surface area (Å²) in [6.45, 7) is 5.76. The zero-order valence-corrected chi connectivity index (χ0v) is 14.1. The first-order valence-electron chi connectivity index (χ1n) is 6.98. The number of hydrogen-bond acceptors (Lipinski definition) is 6. The van der Waals surface area contributed by atoms with E-state index in [9.17, 15) is 0 Å². The van der Waals surface area contributed by atoms with E-state index in [1.807, 2.05) is 7.05 Å². The van der Waals surface area contributed by atoms with Crippen LogP contribution in [0, 0.1) is 5.92 Å². The maximum atomic E-state index is 6.05. The molecule has 2 N–H and O–H groups in total. The summed E-state index contributed by atoms with van der Waals surface area (Å²) in [5, 5.41) is 8.03. The highest BCUT2D eigenvalue weighted by atomic mass is 79.9. The molecule has 0 saturated carbocycles. The molecular formula is C14H21BrN4O2. The number of rotatable bonds is 7. The fourth-order valence-electron chi connectivity index (χ4n) is 1.86. The lowest BCUT2D eigenvalue weighted by Crippen LogP contribution is -2.31. The summed E-state index contributed by atoms with van der Waals surface area (Å²) < 4.78 is 11.6. The van der Waals surface area contributed by atoms with Gasteiger partial charge in [-0.15, -0.1) is 10.2 Å². The Hall–Kier alpha value is -1.18. The molecule has 1 atom stereocenters. The zero-order valence-electron chi connectivity index (χ0n) is 12.5. The van der Waals surface area contributed by atoms with Crippen molar-refractivity contribution in [2.24, 2.45) is 11.7 Å². The maximum Gasteiger partial charge on any atom is 0.283 e. The van der Waals surface area contributed by atoms with Crippen LogP contribution in [0.2, 0.25) is 0 Å². The second-order valence-corrected chi connectivity index (χ2v) is 6.32. The average molecular weight is 357 g/mol. The Balaban J connectivity index is 1.87. The molecule has 0 aromatic carbocycles. The Morgan fingerprint density at radius 3 is 2.67 bits per heavy atom. The second kappa shape index (κ2) is 7.20. The summed E-state index contributed by atoms with van der Waals surface area (Å²) in [6, 6.07) is 3.79. The van der Waals surface area contributed by atoms with E-state index in [1.165, 1.54) is 0 Å². The molecule has 0 aliphatic heterocycles. The fourth-order valence-corrected chi connectivity index (χ4v) is 2.17. The molecule has 0 bridgehead atoms. The minimum atomic E-state index is 0.214. The Morgan fingerprint density at radius 2 is 2.05 bits per heavy atom. The number of furan rings is 1. The van der Waals surface area contributed by atoms with Crippen LogP contribution in [0.4, 0.5) is 0 Å². The molecule has 1 unspecified atom stereocenters. The van der Waals surface area contributed by atoms with Crippen molar-refractivity contribution in [1.29, 1.82) is 0 Å². The van der Waals surface area contributed by atoms with Gasteiger partial charge >= 0.3 is 0 Å². The minimum absolute atomic E-state index is 0.214. The van der Waals surface area contributed by atoms with Crippen molar-refractivity contribution < 1.29 is 8.83 Å². The van der Waals surface area contributed by atoms with Crippen LogP contribution < -0.4 is 5.73 Å². The molecule has 0 spiro atoms. The van der Waals surface area contributed by atoms with Crippen LogP contribution in [-0.4, -0.2) is 34.7 Å².